The summed E-state index contributed by atoms with van der Waals surface area (Å²) in [5.41, 5.74) is -0.752. The van der Waals surface area contributed by atoms with Crippen molar-refractivity contribution >= 4 is 39.2 Å². The molecule has 0 unspecified atom stereocenters. The molecular weight excluding hydrogens is 368 g/mol. The van der Waals surface area contributed by atoms with Crippen LogP contribution in [0.15, 0.2) is 24.3 Å². The minimum Gasteiger partial charge on any atom is -0.468 e. The molecule has 2 N–H and O–H groups in total. The van der Waals surface area contributed by atoms with Gasteiger partial charge in [0.2, 0.25) is 11.8 Å². The predicted molar refractivity (Wildman–Crippen MR) is 99.0 cm³/mol. The molecule has 7 nitrogen and oxygen atoms in total. The molecule has 4 atom stereocenters. The third-order valence-electron chi connectivity index (χ3n) is 5.80. The number of carbonyl (C=O) groups excluding carboxylic acids is 3. The summed E-state index contributed by atoms with van der Waals surface area (Å²) in [6.45, 7) is 1.32. The fourth-order valence-corrected chi connectivity index (χ4v) is 5.66. The molecule has 2 fully saturated rings. The Morgan fingerprint density at radius 2 is 2.04 bits per heavy atom. The number of aryl methyl sites for hydroxylation is 1. The molecule has 2 saturated heterocycles. The number of fused-ring (bicyclic) bond motifs is 2. The van der Waals surface area contributed by atoms with Crippen LogP contribution in [0.25, 0.3) is 10.1 Å². The molecule has 2 aliphatic heterocycles. The third kappa shape index (κ3) is 2.24. The molecule has 3 heterocycles. The fraction of sp³-hybridized carbons (Fsp3) is 0.421. The van der Waals surface area contributed by atoms with E-state index in [2.05, 4.69) is 5.32 Å². The minimum atomic E-state index is -1.64. The lowest BCUT2D eigenvalue weighted by Crippen LogP contribution is -2.58. The number of ether oxygens (including phenoxy) is 1. The standard InChI is InChI=1S/C19H20N2O5S/c1-9-12(10-6-4-5-7-11(10)27-9)15-13-14(17(24)21(2)16(13)23)19(8-22,20-15)18(25)26-3/h4-7,13-15,20,22H,8H2,1-3H3/t13-,14-,15-,19-/m1/s1. The van der Waals surface area contributed by atoms with Gasteiger partial charge in [-0.1, -0.05) is 18.2 Å². The molecule has 1 aromatic carbocycles. The number of rotatable bonds is 3. The van der Waals surface area contributed by atoms with E-state index in [-0.39, 0.29) is 5.91 Å². The van der Waals surface area contributed by atoms with Crippen LogP contribution in [-0.4, -0.2) is 54.1 Å². The highest BCUT2D eigenvalue weighted by molar-refractivity contribution is 7.19. The van der Waals surface area contributed by atoms with Crippen molar-refractivity contribution in [2.45, 2.75) is 18.5 Å². The number of aliphatic hydroxyl groups excluding tert-OH is 1. The van der Waals surface area contributed by atoms with Gasteiger partial charge in [0.15, 0.2) is 5.54 Å². The zero-order chi connectivity index (χ0) is 19.5. The van der Waals surface area contributed by atoms with Gasteiger partial charge in [-0.2, -0.15) is 0 Å². The summed E-state index contributed by atoms with van der Waals surface area (Å²) >= 11 is 1.60. The van der Waals surface area contributed by atoms with Crippen LogP contribution < -0.4 is 5.32 Å². The summed E-state index contributed by atoms with van der Waals surface area (Å²) in [5, 5.41) is 14.2. The molecule has 2 amide bonds. The number of benzene rings is 1. The quantitative estimate of drug-likeness (QED) is 0.601. The van der Waals surface area contributed by atoms with E-state index in [0.717, 1.165) is 25.4 Å². The summed E-state index contributed by atoms with van der Waals surface area (Å²) < 4.78 is 5.96. The molecule has 2 aromatic rings. The van der Waals surface area contributed by atoms with Crippen molar-refractivity contribution in [1.29, 1.82) is 0 Å². The maximum atomic E-state index is 12.9. The van der Waals surface area contributed by atoms with Crippen molar-refractivity contribution in [3.05, 3.63) is 34.7 Å². The van der Waals surface area contributed by atoms with Gasteiger partial charge < -0.3 is 9.84 Å². The maximum absolute atomic E-state index is 12.9. The predicted octanol–water partition coefficient (Wildman–Crippen LogP) is 0.989. The van der Waals surface area contributed by atoms with Gasteiger partial charge in [0.1, 0.15) is 0 Å². The van der Waals surface area contributed by atoms with E-state index in [4.69, 9.17) is 4.74 Å². The first-order valence-corrected chi connectivity index (χ1v) is 9.45. The summed E-state index contributed by atoms with van der Waals surface area (Å²) in [4.78, 5) is 40.4. The molecule has 0 spiro atoms. The van der Waals surface area contributed by atoms with Crippen LogP contribution in [0.4, 0.5) is 0 Å². The van der Waals surface area contributed by atoms with Crippen LogP contribution in [0, 0.1) is 18.8 Å². The van der Waals surface area contributed by atoms with Crippen molar-refractivity contribution in [3.63, 3.8) is 0 Å². The minimum absolute atomic E-state index is 0.351. The van der Waals surface area contributed by atoms with Crippen LogP contribution in [-0.2, 0) is 19.1 Å². The lowest BCUT2D eigenvalue weighted by molar-refractivity contribution is -0.156. The Morgan fingerprint density at radius 3 is 2.70 bits per heavy atom. The van der Waals surface area contributed by atoms with Crippen LogP contribution in [0.3, 0.4) is 0 Å². The van der Waals surface area contributed by atoms with Crippen LogP contribution in [0.1, 0.15) is 16.5 Å². The zero-order valence-electron chi connectivity index (χ0n) is 15.2. The number of likely N-dealkylation sites (tertiary alicyclic amines) is 1. The average molecular weight is 388 g/mol. The van der Waals surface area contributed by atoms with E-state index in [1.54, 1.807) is 11.3 Å². The molecule has 142 valence electrons. The Morgan fingerprint density at radius 1 is 1.33 bits per heavy atom. The largest absolute Gasteiger partial charge is 0.468 e. The second-order valence-electron chi connectivity index (χ2n) is 7.05. The zero-order valence-corrected chi connectivity index (χ0v) is 16.0. The molecule has 0 aliphatic carbocycles. The number of carbonyl (C=O) groups is 3. The van der Waals surface area contributed by atoms with Crippen molar-refractivity contribution in [2.75, 3.05) is 20.8 Å². The number of aliphatic hydroxyl groups is 1. The molecule has 0 bridgehead atoms. The van der Waals surface area contributed by atoms with Crippen molar-refractivity contribution in [3.8, 4) is 0 Å². The van der Waals surface area contributed by atoms with E-state index in [1.807, 2.05) is 31.2 Å². The lowest BCUT2D eigenvalue weighted by Gasteiger charge is -2.30. The maximum Gasteiger partial charge on any atom is 0.329 e. The van der Waals surface area contributed by atoms with Gasteiger partial charge in [0.25, 0.3) is 0 Å². The number of esters is 1. The van der Waals surface area contributed by atoms with E-state index < -0.39 is 41.9 Å². The lowest BCUT2D eigenvalue weighted by atomic mass is 9.79. The van der Waals surface area contributed by atoms with E-state index >= 15 is 0 Å². The van der Waals surface area contributed by atoms with Gasteiger partial charge in [0, 0.05) is 22.7 Å². The molecule has 2 aliphatic rings. The molecule has 1 aromatic heterocycles. The Bertz CT molecular complexity index is 970. The first kappa shape index (κ1) is 18.1. The number of nitrogens with one attached hydrogen (secondary N) is 1. The summed E-state index contributed by atoms with van der Waals surface area (Å²) in [6, 6.07) is 7.25. The van der Waals surface area contributed by atoms with Gasteiger partial charge in [-0.05, 0) is 23.9 Å². The van der Waals surface area contributed by atoms with E-state index in [9.17, 15) is 19.5 Å². The highest BCUT2D eigenvalue weighted by Gasteiger charge is 2.68. The van der Waals surface area contributed by atoms with E-state index in [1.165, 1.54) is 14.2 Å². The van der Waals surface area contributed by atoms with Crippen molar-refractivity contribution < 1.29 is 24.2 Å². The normalized spacial score (nSPS) is 30.2. The SMILES string of the molecule is COC(=O)[C@]1(CO)N[C@H](c2c(C)sc3ccccc23)[C@@H]2C(=O)N(C)C(=O)[C@@H]21. The van der Waals surface area contributed by atoms with Gasteiger partial charge in [0.05, 0.1) is 25.6 Å². The summed E-state index contributed by atoms with van der Waals surface area (Å²) in [6.07, 6.45) is 0. The fourth-order valence-electron chi connectivity index (χ4n) is 4.55. The average Bonchev–Trinajstić information content (AvgIpc) is 3.26. The number of amides is 2. The van der Waals surface area contributed by atoms with Gasteiger partial charge >= 0.3 is 5.97 Å². The highest BCUT2D eigenvalue weighted by atomic mass is 32.1. The number of imide groups is 1. The van der Waals surface area contributed by atoms with Crippen LogP contribution >= 0.6 is 11.3 Å². The molecular formula is C19H20N2O5S. The number of methoxy groups -OCH3 is 1. The highest BCUT2D eigenvalue weighted by Crippen LogP contribution is 2.51. The number of nitrogens with zero attached hydrogens (tertiary/aromatic N) is 1. The van der Waals surface area contributed by atoms with Crippen LogP contribution in [0.2, 0.25) is 0 Å². The monoisotopic (exact) mass is 388 g/mol. The molecule has 27 heavy (non-hydrogen) atoms. The first-order chi connectivity index (χ1) is 12.9. The molecule has 4 rings (SSSR count). The number of thiophene rings is 1. The van der Waals surface area contributed by atoms with Gasteiger partial charge in [-0.3, -0.25) is 19.8 Å². The Kier molecular flexibility index (Phi) is 4.10. The third-order valence-corrected chi connectivity index (χ3v) is 6.91. The summed E-state index contributed by atoms with van der Waals surface area (Å²) in [7, 11) is 2.62. The number of hydrogen-bond donors (Lipinski definition) is 2. The molecule has 8 heteroatoms. The Labute approximate surface area is 159 Å². The van der Waals surface area contributed by atoms with Crippen molar-refractivity contribution in [1.82, 2.24) is 10.2 Å². The second kappa shape index (κ2) is 6.12. The smallest absolute Gasteiger partial charge is 0.329 e. The van der Waals surface area contributed by atoms with Crippen LogP contribution in [0.5, 0.6) is 0 Å². The number of hydrogen-bond acceptors (Lipinski definition) is 7. The van der Waals surface area contributed by atoms with Gasteiger partial charge in [-0.15, -0.1) is 11.3 Å². The Hall–Kier alpha value is -2.29. The Balaban J connectivity index is 1.94. The van der Waals surface area contributed by atoms with E-state index in [0.29, 0.717) is 0 Å². The first-order valence-electron chi connectivity index (χ1n) is 8.63. The molecule has 0 saturated carbocycles. The van der Waals surface area contributed by atoms with Crippen molar-refractivity contribution in [2.24, 2.45) is 11.8 Å². The topological polar surface area (TPSA) is 95.9 Å². The van der Waals surface area contributed by atoms with Gasteiger partial charge in [-0.25, -0.2) is 4.79 Å². The second-order valence-corrected chi connectivity index (χ2v) is 8.31. The molecule has 0 radical (unpaired) electrons. The summed E-state index contributed by atoms with van der Waals surface area (Å²) in [5.74, 6) is -3.34.